The Labute approximate surface area is 241 Å². The highest BCUT2D eigenvalue weighted by molar-refractivity contribution is 5.87. The monoisotopic (exact) mass is 589 g/mol. The summed E-state index contributed by atoms with van der Waals surface area (Å²) < 4.78 is 10.6. The lowest BCUT2D eigenvalue weighted by Gasteiger charge is -2.20. The van der Waals surface area contributed by atoms with Crippen molar-refractivity contribution in [3.8, 4) is 0 Å². The molecule has 0 aliphatic heterocycles. The molecule has 1 unspecified atom stereocenters. The highest BCUT2D eigenvalue weighted by Crippen LogP contribution is 2.11. The number of aliphatic carboxylic acids is 2. The van der Waals surface area contributed by atoms with Crippen molar-refractivity contribution in [2.75, 3.05) is 32.9 Å². The number of amides is 3. The van der Waals surface area contributed by atoms with Gasteiger partial charge in [0.25, 0.3) is 0 Å². The van der Waals surface area contributed by atoms with Gasteiger partial charge in [0.2, 0.25) is 17.7 Å². The number of hydroxylamine groups is 2. The fourth-order valence-corrected chi connectivity index (χ4v) is 3.44. The van der Waals surface area contributed by atoms with Crippen LogP contribution >= 0.6 is 0 Å². The van der Waals surface area contributed by atoms with E-state index in [4.69, 9.17) is 24.5 Å². The molecule has 0 rings (SSSR count). The highest BCUT2D eigenvalue weighted by atomic mass is 16.7. The van der Waals surface area contributed by atoms with E-state index in [1.807, 2.05) is 20.8 Å². The van der Waals surface area contributed by atoms with Crippen molar-refractivity contribution >= 4 is 35.6 Å². The zero-order chi connectivity index (χ0) is 31.3. The van der Waals surface area contributed by atoms with E-state index in [2.05, 4.69) is 10.6 Å². The number of unbranched alkanes of at least 4 members (excludes halogenated alkanes) is 3. The number of carboxylic acids is 2. The fourth-order valence-electron chi connectivity index (χ4n) is 3.44. The van der Waals surface area contributed by atoms with Gasteiger partial charge in [-0.3, -0.25) is 28.8 Å². The maximum atomic E-state index is 12.3. The van der Waals surface area contributed by atoms with Crippen LogP contribution in [0, 0.1) is 0 Å². The second-order valence-electron chi connectivity index (χ2n) is 10.3. The second kappa shape index (κ2) is 21.5. The van der Waals surface area contributed by atoms with E-state index in [-0.39, 0.29) is 57.5 Å². The molecule has 3 amide bonds. The summed E-state index contributed by atoms with van der Waals surface area (Å²) in [7, 11) is 0. The molecule has 0 fully saturated rings. The third kappa shape index (κ3) is 22.2. The molecule has 0 aliphatic rings. The Balaban J connectivity index is 3.93. The molecule has 0 spiro atoms. The van der Waals surface area contributed by atoms with Gasteiger partial charge in [-0.15, -0.1) is 0 Å². The van der Waals surface area contributed by atoms with E-state index in [1.165, 1.54) is 0 Å². The Hall–Kier alpha value is -3.26. The maximum absolute atomic E-state index is 12.3. The SMILES string of the molecule is CCN(OCCOCCNC(=O)CCCCCCC(=O)OC(C)(C)C)C(=O)CCC(=O)NC(CCC(=O)O)C(=O)O. The van der Waals surface area contributed by atoms with Crippen LogP contribution in [0.15, 0.2) is 0 Å². The van der Waals surface area contributed by atoms with E-state index in [0.29, 0.717) is 19.4 Å². The van der Waals surface area contributed by atoms with Crippen molar-refractivity contribution in [1.29, 1.82) is 0 Å². The van der Waals surface area contributed by atoms with Gasteiger partial charge in [0, 0.05) is 45.2 Å². The van der Waals surface area contributed by atoms with Crippen molar-refractivity contribution in [3.05, 3.63) is 0 Å². The number of ether oxygens (including phenoxy) is 2. The quantitative estimate of drug-likeness (QED) is 0.0770. The van der Waals surface area contributed by atoms with Gasteiger partial charge < -0.3 is 30.3 Å². The third-order valence-corrected chi connectivity index (χ3v) is 5.41. The first-order valence-electron chi connectivity index (χ1n) is 14.0. The van der Waals surface area contributed by atoms with Crippen molar-refractivity contribution < 1.29 is 53.3 Å². The number of carbonyl (C=O) groups is 6. The number of nitrogens with zero attached hydrogens (tertiary/aromatic N) is 1. The van der Waals surface area contributed by atoms with E-state index < -0.39 is 41.8 Å². The molecule has 236 valence electrons. The summed E-state index contributed by atoms with van der Waals surface area (Å²) in [6, 6.07) is -1.35. The fraction of sp³-hybridized carbons (Fsp3) is 0.778. The smallest absolute Gasteiger partial charge is 0.326 e. The molecule has 0 saturated carbocycles. The molecule has 4 N–H and O–H groups in total. The van der Waals surface area contributed by atoms with Gasteiger partial charge in [-0.05, 0) is 47.0 Å². The zero-order valence-electron chi connectivity index (χ0n) is 24.7. The summed E-state index contributed by atoms with van der Waals surface area (Å²) in [5.74, 6) is -3.98. The lowest BCUT2D eigenvalue weighted by atomic mass is 10.1. The lowest BCUT2D eigenvalue weighted by molar-refractivity contribution is -0.189. The van der Waals surface area contributed by atoms with E-state index in [1.54, 1.807) is 6.92 Å². The van der Waals surface area contributed by atoms with Gasteiger partial charge in [0.1, 0.15) is 11.6 Å². The van der Waals surface area contributed by atoms with E-state index in [0.717, 1.165) is 30.7 Å². The molecule has 0 aromatic heterocycles. The maximum Gasteiger partial charge on any atom is 0.326 e. The summed E-state index contributed by atoms with van der Waals surface area (Å²) >= 11 is 0. The minimum atomic E-state index is -1.35. The van der Waals surface area contributed by atoms with Crippen LogP contribution in [0.25, 0.3) is 0 Å². The Morgan fingerprint density at radius 2 is 1.46 bits per heavy atom. The average Bonchev–Trinajstić information content (AvgIpc) is 2.87. The Morgan fingerprint density at radius 1 is 0.805 bits per heavy atom. The molecule has 1 atom stereocenters. The first-order chi connectivity index (χ1) is 19.2. The van der Waals surface area contributed by atoms with Gasteiger partial charge in [0.05, 0.1) is 19.8 Å². The Morgan fingerprint density at radius 3 is 2.05 bits per heavy atom. The molecule has 0 radical (unpaired) electrons. The van der Waals surface area contributed by atoms with Crippen LogP contribution in [0.4, 0.5) is 0 Å². The van der Waals surface area contributed by atoms with Gasteiger partial charge in [-0.2, -0.15) is 0 Å². The first kappa shape index (κ1) is 37.7. The largest absolute Gasteiger partial charge is 0.481 e. The number of hydrogen-bond acceptors (Lipinski definition) is 9. The number of nitrogens with one attached hydrogen (secondary N) is 2. The Kier molecular flexibility index (Phi) is 19.8. The van der Waals surface area contributed by atoms with E-state index >= 15 is 0 Å². The molecule has 14 nitrogen and oxygen atoms in total. The summed E-state index contributed by atoms with van der Waals surface area (Å²) in [5.41, 5.74) is -0.479. The predicted molar refractivity (Wildman–Crippen MR) is 146 cm³/mol. The highest BCUT2D eigenvalue weighted by Gasteiger charge is 2.22. The minimum Gasteiger partial charge on any atom is -0.481 e. The van der Waals surface area contributed by atoms with Crippen molar-refractivity contribution in [3.63, 3.8) is 0 Å². The van der Waals surface area contributed by atoms with E-state index in [9.17, 15) is 28.8 Å². The van der Waals surface area contributed by atoms with Crippen LogP contribution in [0.2, 0.25) is 0 Å². The van der Waals surface area contributed by atoms with Crippen LogP contribution in [-0.4, -0.2) is 95.5 Å². The molecule has 0 saturated heterocycles. The predicted octanol–water partition coefficient (Wildman–Crippen LogP) is 1.80. The molecule has 14 heteroatoms. The topological polar surface area (TPSA) is 198 Å². The van der Waals surface area contributed by atoms with Gasteiger partial charge in [-0.25, -0.2) is 9.86 Å². The normalized spacial score (nSPS) is 11.8. The number of esters is 1. The van der Waals surface area contributed by atoms with Crippen LogP contribution in [0.3, 0.4) is 0 Å². The van der Waals surface area contributed by atoms with Crippen LogP contribution in [-0.2, 0) is 43.1 Å². The standard InChI is InChI=1S/C27H47N3O11/c1-5-30(23(33)14-13-22(32)29-20(26(37)38)12-15-24(34)35)40-19-18-39-17-16-28-21(31)10-8-6-7-9-11-25(36)41-27(2,3)4/h20H,5-19H2,1-4H3,(H,28,31)(H,29,32)(H,34,35)(H,37,38). The van der Waals surface area contributed by atoms with Gasteiger partial charge in [-0.1, -0.05) is 12.8 Å². The minimum absolute atomic E-state index is 0.0687. The van der Waals surface area contributed by atoms with Crippen LogP contribution < -0.4 is 10.6 Å². The summed E-state index contributed by atoms with van der Waals surface area (Å²) in [5, 5.41) is 23.8. The first-order valence-corrected chi connectivity index (χ1v) is 14.0. The van der Waals surface area contributed by atoms with Crippen LogP contribution in [0.1, 0.15) is 91.9 Å². The number of hydrogen-bond donors (Lipinski definition) is 4. The van der Waals surface area contributed by atoms with Crippen molar-refractivity contribution in [1.82, 2.24) is 15.7 Å². The average molecular weight is 590 g/mol. The molecule has 0 aliphatic carbocycles. The van der Waals surface area contributed by atoms with Crippen LogP contribution in [0.5, 0.6) is 0 Å². The molecule has 0 aromatic rings. The molecular weight excluding hydrogens is 542 g/mol. The van der Waals surface area contributed by atoms with Gasteiger partial charge in [0.15, 0.2) is 0 Å². The second-order valence-corrected chi connectivity index (χ2v) is 10.3. The molecule has 0 aromatic carbocycles. The lowest BCUT2D eigenvalue weighted by Crippen LogP contribution is -2.41. The third-order valence-electron chi connectivity index (χ3n) is 5.41. The molecule has 0 heterocycles. The molecular formula is C27H47N3O11. The number of carbonyl (C=O) groups excluding carboxylic acids is 4. The summed E-state index contributed by atoms with van der Waals surface area (Å²) in [6.07, 6.45) is 2.72. The molecule has 41 heavy (non-hydrogen) atoms. The summed E-state index contributed by atoms with van der Waals surface area (Å²) in [4.78, 5) is 75.0. The zero-order valence-corrected chi connectivity index (χ0v) is 24.7. The number of carboxylic acid groups (broad SMARTS) is 2. The number of rotatable bonds is 23. The van der Waals surface area contributed by atoms with Gasteiger partial charge >= 0.3 is 17.9 Å². The molecule has 0 bridgehead atoms. The summed E-state index contributed by atoms with van der Waals surface area (Å²) in [6.45, 7) is 8.22. The van der Waals surface area contributed by atoms with Crippen molar-refractivity contribution in [2.24, 2.45) is 0 Å². The van der Waals surface area contributed by atoms with Crippen molar-refractivity contribution in [2.45, 2.75) is 104 Å². The Bertz CT molecular complexity index is 843.